The monoisotopic (exact) mass is 462 g/mol. The van der Waals surface area contributed by atoms with E-state index in [9.17, 15) is 4.79 Å². The molecule has 0 unspecified atom stereocenters. The van der Waals surface area contributed by atoms with Gasteiger partial charge in [0.15, 0.2) is 18.1 Å². The maximum atomic E-state index is 11.9. The summed E-state index contributed by atoms with van der Waals surface area (Å²) in [5, 5.41) is 3.96. The van der Waals surface area contributed by atoms with E-state index >= 15 is 0 Å². The first-order chi connectivity index (χ1) is 14.1. The summed E-state index contributed by atoms with van der Waals surface area (Å²) in [4.78, 5) is 11.9. The zero-order valence-corrected chi connectivity index (χ0v) is 18.4. The van der Waals surface area contributed by atoms with Crippen molar-refractivity contribution in [2.75, 3.05) is 20.3 Å². The molecular weight excluding hydrogens is 436 g/mol. The highest BCUT2D eigenvalue weighted by Gasteiger charge is 2.06. The summed E-state index contributed by atoms with van der Waals surface area (Å²) < 4.78 is 17.4. The van der Waals surface area contributed by atoms with E-state index in [1.54, 1.807) is 19.4 Å². The molecule has 0 atom stereocenters. The Hall–Kier alpha value is -2.54. The van der Waals surface area contributed by atoms with Crippen LogP contribution in [-0.2, 0) is 4.79 Å². The van der Waals surface area contributed by atoms with E-state index in [1.807, 2.05) is 36.4 Å². The number of ether oxygens (including phenoxy) is 3. The molecule has 0 bridgehead atoms. The van der Waals surface area contributed by atoms with Gasteiger partial charge in [0, 0.05) is 0 Å². The van der Waals surface area contributed by atoms with Crippen molar-refractivity contribution in [3.8, 4) is 17.2 Å². The topological polar surface area (TPSA) is 69.2 Å². The van der Waals surface area contributed by atoms with E-state index in [-0.39, 0.29) is 12.5 Å². The van der Waals surface area contributed by atoms with E-state index in [2.05, 4.69) is 33.4 Å². The second-order valence-electron chi connectivity index (χ2n) is 6.33. The molecule has 0 fully saturated rings. The molecule has 1 N–H and O–H groups in total. The van der Waals surface area contributed by atoms with Crippen LogP contribution in [0.2, 0.25) is 0 Å². The number of benzene rings is 2. The number of nitrogens with zero attached hydrogens (tertiary/aromatic N) is 1. The number of hydrogen-bond donors (Lipinski definition) is 1. The summed E-state index contributed by atoms with van der Waals surface area (Å²) in [5.74, 6) is 1.58. The lowest BCUT2D eigenvalue weighted by Gasteiger charge is -2.11. The molecule has 0 spiro atoms. The predicted molar refractivity (Wildman–Crippen MR) is 118 cm³/mol. The molecule has 156 valence electrons. The Kier molecular flexibility index (Phi) is 10.1. The molecule has 6 nitrogen and oxygen atoms in total. The highest BCUT2D eigenvalue weighted by atomic mass is 79.9. The molecule has 7 heteroatoms. The van der Waals surface area contributed by atoms with Crippen molar-refractivity contribution in [1.29, 1.82) is 0 Å². The van der Waals surface area contributed by atoms with Crippen molar-refractivity contribution < 1.29 is 19.0 Å². The normalized spacial score (nSPS) is 10.7. The maximum Gasteiger partial charge on any atom is 0.277 e. The fraction of sp³-hybridized carbons (Fsp3) is 0.364. The SMILES string of the molecule is CCCCCCOc1ccc(/C=N/NC(=O)COc2ccccc2Br)cc1OC. The van der Waals surface area contributed by atoms with Crippen molar-refractivity contribution in [2.45, 2.75) is 32.6 Å². The van der Waals surface area contributed by atoms with E-state index in [1.165, 1.54) is 12.8 Å². The fourth-order valence-electron chi connectivity index (χ4n) is 2.51. The van der Waals surface area contributed by atoms with Crippen LogP contribution in [0.15, 0.2) is 52.0 Å². The van der Waals surface area contributed by atoms with E-state index in [0.717, 1.165) is 22.9 Å². The number of carbonyl (C=O) groups excluding carboxylic acids is 1. The van der Waals surface area contributed by atoms with Gasteiger partial charge in [0.05, 0.1) is 24.4 Å². The number of carbonyl (C=O) groups is 1. The number of amides is 1. The zero-order valence-electron chi connectivity index (χ0n) is 16.8. The van der Waals surface area contributed by atoms with Crippen molar-refractivity contribution in [2.24, 2.45) is 5.10 Å². The predicted octanol–water partition coefficient (Wildman–Crippen LogP) is 4.95. The summed E-state index contributed by atoms with van der Waals surface area (Å²) in [5.41, 5.74) is 3.23. The molecule has 0 aliphatic carbocycles. The number of para-hydroxylation sites is 1. The average Bonchev–Trinajstić information content (AvgIpc) is 2.73. The number of rotatable bonds is 12. The Morgan fingerprint density at radius 1 is 1.07 bits per heavy atom. The molecule has 0 aliphatic rings. The molecule has 0 radical (unpaired) electrons. The summed E-state index contributed by atoms with van der Waals surface area (Å²) in [6, 6.07) is 12.8. The lowest BCUT2D eigenvalue weighted by molar-refractivity contribution is -0.123. The zero-order chi connectivity index (χ0) is 20.9. The molecule has 2 aromatic carbocycles. The Balaban J connectivity index is 1.81. The van der Waals surface area contributed by atoms with E-state index in [4.69, 9.17) is 14.2 Å². The lowest BCUT2D eigenvalue weighted by Crippen LogP contribution is -2.24. The highest BCUT2D eigenvalue weighted by Crippen LogP contribution is 2.28. The molecule has 0 aliphatic heterocycles. The first-order valence-electron chi connectivity index (χ1n) is 9.64. The molecule has 1 amide bonds. The highest BCUT2D eigenvalue weighted by molar-refractivity contribution is 9.10. The molecule has 0 saturated heterocycles. The van der Waals surface area contributed by atoms with Gasteiger partial charge in [0.1, 0.15) is 5.75 Å². The van der Waals surface area contributed by atoms with Crippen molar-refractivity contribution in [1.82, 2.24) is 5.43 Å². The van der Waals surface area contributed by atoms with Gasteiger partial charge in [0.2, 0.25) is 0 Å². The minimum atomic E-state index is -0.351. The van der Waals surface area contributed by atoms with Gasteiger partial charge >= 0.3 is 0 Å². The maximum absolute atomic E-state index is 11.9. The first-order valence-corrected chi connectivity index (χ1v) is 10.4. The standard InChI is InChI=1S/C22H27BrN2O4/c1-3-4-5-8-13-28-20-12-11-17(14-21(20)27-2)15-24-25-22(26)16-29-19-10-7-6-9-18(19)23/h6-7,9-12,14-15H,3-5,8,13,16H2,1-2H3,(H,25,26)/b24-15+. The Labute approximate surface area is 180 Å². The molecule has 0 aromatic heterocycles. The second-order valence-corrected chi connectivity index (χ2v) is 7.19. The van der Waals surface area contributed by atoms with Crippen molar-refractivity contribution >= 4 is 28.1 Å². The van der Waals surface area contributed by atoms with Crippen LogP contribution >= 0.6 is 15.9 Å². The van der Waals surface area contributed by atoms with Crippen LogP contribution in [0.4, 0.5) is 0 Å². The molecule has 29 heavy (non-hydrogen) atoms. The van der Waals surface area contributed by atoms with E-state index < -0.39 is 0 Å². The van der Waals surface area contributed by atoms with Gasteiger partial charge in [0.25, 0.3) is 5.91 Å². The van der Waals surface area contributed by atoms with Crippen LogP contribution in [0.25, 0.3) is 0 Å². The van der Waals surface area contributed by atoms with Gasteiger partial charge in [-0.3, -0.25) is 4.79 Å². The number of hydrazone groups is 1. The van der Waals surface area contributed by atoms with Crippen LogP contribution in [-0.4, -0.2) is 32.4 Å². The summed E-state index contributed by atoms with van der Waals surface area (Å²) in [6.07, 6.45) is 6.14. The van der Waals surface area contributed by atoms with E-state index in [0.29, 0.717) is 23.9 Å². The van der Waals surface area contributed by atoms with Gasteiger partial charge in [-0.2, -0.15) is 5.10 Å². The number of nitrogens with one attached hydrogen (secondary N) is 1. The minimum absolute atomic E-state index is 0.131. The third-order valence-corrected chi connectivity index (χ3v) is 4.70. The quantitative estimate of drug-likeness (QED) is 0.275. The third-order valence-electron chi connectivity index (χ3n) is 4.04. The van der Waals surface area contributed by atoms with Crippen LogP contribution < -0.4 is 19.6 Å². The smallest absolute Gasteiger partial charge is 0.277 e. The van der Waals surface area contributed by atoms with Gasteiger partial charge < -0.3 is 14.2 Å². The van der Waals surface area contributed by atoms with Crippen molar-refractivity contribution in [3.05, 3.63) is 52.5 Å². The van der Waals surface area contributed by atoms with Crippen LogP contribution in [0.3, 0.4) is 0 Å². The first kappa shape index (κ1) is 22.7. The van der Waals surface area contributed by atoms with Gasteiger partial charge in [-0.1, -0.05) is 38.3 Å². The van der Waals surface area contributed by atoms with Gasteiger partial charge in [-0.25, -0.2) is 5.43 Å². The minimum Gasteiger partial charge on any atom is -0.493 e. The average molecular weight is 463 g/mol. The number of halogens is 1. The summed E-state index contributed by atoms with van der Waals surface area (Å²) in [7, 11) is 1.60. The number of methoxy groups -OCH3 is 1. The molecule has 0 saturated carbocycles. The Morgan fingerprint density at radius 2 is 1.90 bits per heavy atom. The lowest BCUT2D eigenvalue weighted by atomic mass is 10.2. The Bertz CT molecular complexity index is 811. The number of unbranched alkanes of at least 4 members (excludes halogenated alkanes) is 3. The van der Waals surface area contributed by atoms with Crippen LogP contribution in [0, 0.1) is 0 Å². The largest absolute Gasteiger partial charge is 0.493 e. The summed E-state index contributed by atoms with van der Waals surface area (Å²) in [6.45, 7) is 2.72. The second kappa shape index (κ2) is 12.8. The molecule has 2 aromatic rings. The molecular formula is C22H27BrN2O4. The van der Waals surface area contributed by atoms with Crippen LogP contribution in [0.5, 0.6) is 17.2 Å². The molecule has 2 rings (SSSR count). The summed E-state index contributed by atoms with van der Waals surface area (Å²) >= 11 is 3.37. The third kappa shape index (κ3) is 8.15. The van der Waals surface area contributed by atoms with Crippen LogP contribution in [0.1, 0.15) is 38.2 Å². The molecule has 0 heterocycles. The van der Waals surface area contributed by atoms with Crippen molar-refractivity contribution in [3.63, 3.8) is 0 Å². The fourth-order valence-corrected chi connectivity index (χ4v) is 2.91. The van der Waals surface area contributed by atoms with Gasteiger partial charge in [-0.05, 0) is 58.2 Å². The Morgan fingerprint density at radius 3 is 2.66 bits per heavy atom. The van der Waals surface area contributed by atoms with Gasteiger partial charge in [-0.15, -0.1) is 0 Å². The number of hydrogen-bond acceptors (Lipinski definition) is 5.